The van der Waals surface area contributed by atoms with Crippen molar-refractivity contribution < 1.29 is 9.84 Å². The van der Waals surface area contributed by atoms with Crippen LogP contribution in [0, 0.1) is 6.92 Å². The summed E-state index contributed by atoms with van der Waals surface area (Å²) in [4.78, 5) is 9.08. The van der Waals surface area contributed by atoms with E-state index in [9.17, 15) is 5.11 Å². The van der Waals surface area contributed by atoms with Crippen LogP contribution in [0.3, 0.4) is 0 Å². The Morgan fingerprint density at radius 3 is 2.62 bits per heavy atom. The molecule has 0 spiro atoms. The number of aliphatic hydroxyl groups excluding tert-OH is 1. The van der Waals surface area contributed by atoms with Crippen molar-refractivity contribution in [2.75, 3.05) is 0 Å². The first kappa shape index (κ1) is 19.2. The summed E-state index contributed by atoms with van der Waals surface area (Å²) in [6.45, 7) is 5.41. The summed E-state index contributed by atoms with van der Waals surface area (Å²) in [5.74, 6) is 0. The molecule has 6 heteroatoms. The molecule has 3 aromatic heterocycles. The van der Waals surface area contributed by atoms with Gasteiger partial charge in [-0.2, -0.15) is 5.10 Å². The number of rotatable bonds is 7. The Morgan fingerprint density at radius 2 is 1.90 bits per heavy atom. The van der Waals surface area contributed by atoms with Gasteiger partial charge in [0.15, 0.2) is 5.65 Å². The third kappa shape index (κ3) is 3.90. The fourth-order valence-electron chi connectivity index (χ4n) is 3.56. The van der Waals surface area contributed by atoms with Crippen molar-refractivity contribution in [2.24, 2.45) is 0 Å². The monoisotopic (exact) mass is 388 g/mol. The third-order valence-corrected chi connectivity index (χ3v) is 4.94. The lowest BCUT2D eigenvalue weighted by atomic mass is 9.97. The Labute approximate surface area is 169 Å². The van der Waals surface area contributed by atoms with E-state index in [-0.39, 0.29) is 6.61 Å². The fourth-order valence-corrected chi connectivity index (χ4v) is 3.56. The van der Waals surface area contributed by atoms with Crippen LogP contribution in [-0.2, 0) is 31.1 Å². The molecule has 6 nitrogen and oxygen atoms in total. The van der Waals surface area contributed by atoms with Crippen molar-refractivity contribution >= 4 is 11.0 Å². The number of ether oxygens (including phenoxy) is 1. The maximum absolute atomic E-state index is 10.1. The molecule has 4 aromatic rings. The Bertz CT molecular complexity index is 1120. The first-order valence-electron chi connectivity index (χ1n) is 9.73. The van der Waals surface area contributed by atoms with Crippen molar-refractivity contribution in [2.45, 2.75) is 40.2 Å². The van der Waals surface area contributed by atoms with E-state index in [1.54, 1.807) is 0 Å². The molecule has 0 aliphatic carbocycles. The quantitative estimate of drug-likeness (QED) is 0.517. The smallest absolute Gasteiger partial charge is 0.158 e. The van der Waals surface area contributed by atoms with Gasteiger partial charge in [-0.25, -0.2) is 9.67 Å². The van der Waals surface area contributed by atoms with Gasteiger partial charge in [-0.15, -0.1) is 0 Å². The lowest BCUT2D eigenvalue weighted by Crippen LogP contribution is -2.07. The van der Waals surface area contributed by atoms with Crippen molar-refractivity contribution in [3.05, 3.63) is 77.4 Å². The van der Waals surface area contributed by atoms with E-state index in [1.165, 1.54) is 0 Å². The van der Waals surface area contributed by atoms with Gasteiger partial charge in [-0.3, -0.25) is 4.98 Å². The van der Waals surface area contributed by atoms with Crippen LogP contribution >= 0.6 is 0 Å². The molecular weight excluding hydrogens is 364 g/mol. The molecule has 148 valence electrons. The van der Waals surface area contributed by atoms with Crippen molar-refractivity contribution in [1.29, 1.82) is 0 Å². The van der Waals surface area contributed by atoms with Gasteiger partial charge in [0.05, 0.1) is 31.7 Å². The highest BCUT2D eigenvalue weighted by Gasteiger charge is 2.19. The second-order valence-corrected chi connectivity index (χ2v) is 7.00. The SMILES string of the molecule is CCn1ncc2c(-c3cncc(C)c3)c(COCc3ccccc3)c(CO)nc21. The van der Waals surface area contributed by atoms with Crippen LogP contribution in [0.2, 0.25) is 0 Å². The van der Waals surface area contributed by atoms with Crippen LogP contribution in [0.25, 0.3) is 22.2 Å². The van der Waals surface area contributed by atoms with E-state index in [4.69, 9.17) is 9.72 Å². The number of hydrogen-bond donors (Lipinski definition) is 1. The first-order valence-corrected chi connectivity index (χ1v) is 9.73. The summed E-state index contributed by atoms with van der Waals surface area (Å²) in [6.07, 6.45) is 5.51. The highest BCUT2D eigenvalue weighted by molar-refractivity contribution is 5.94. The summed E-state index contributed by atoms with van der Waals surface area (Å²) >= 11 is 0. The number of hydrogen-bond acceptors (Lipinski definition) is 5. The van der Waals surface area contributed by atoms with Crippen molar-refractivity contribution in [1.82, 2.24) is 19.7 Å². The van der Waals surface area contributed by atoms with Gasteiger partial charge in [-0.1, -0.05) is 30.3 Å². The Kier molecular flexibility index (Phi) is 5.64. The van der Waals surface area contributed by atoms with E-state index in [2.05, 4.69) is 16.1 Å². The van der Waals surface area contributed by atoms with Crippen LogP contribution < -0.4 is 0 Å². The normalized spacial score (nSPS) is 11.3. The van der Waals surface area contributed by atoms with Gasteiger partial charge in [0, 0.05) is 41.0 Å². The highest BCUT2D eigenvalue weighted by atomic mass is 16.5. The molecule has 0 atom stereocenters. The van der Waals surface area contributed by atoms with Gasteiger partial charge in [0.1, 0.15) is 0 Å². The third-order valence-electron chi connectivity index (χ3n) is 4.94. The molecule has 29 heavy (non-hydrogen) atoms. The molecule has 0 aliphatic heterocycles. The minimum absolute atomic E-state index is 0.166. The average molecular weight is 388 g/mol. The summed E-state index contributed by atoms with van der Waals surface area (Å²) in [6, 6.07) is 12.1. The van der Waals surface area contributed by atoms with Crippen LogP contribution in [-0.4, -0.2) is 24.9 Å². The summed E-state index contributed by atoms with van der Waals surface area (Å²) in [7, 11) is 0. The topological polar surface area (TPSA) is 73.1 Å². The molecule has 0 aliphatic rings. The number of aliphatic hydroxyl groups is 1. The summed E-state index contributed by atoms with van der Waals surface area (Å²) in [5, 5.41) is 15.5. The second kappa shape index (κ2) is 8.51. The number of nitrogens with zero attached hydrogens (tertiary/aromatic N) is 4. The number of aromatic nitrogens is 4. The fraction of sp³-hybridized carbons (Fsp3) is 0.261. The van der Waals surface area contributed by atoms with Gasteiger partial charge in [-0.05, 0) is 31.0 Å². The predicted molar refractivity (Wildman–Crippen MR) is 112 cm³/mol. The maximum Gasteiger partial charge on any atom is 0.158 e. The van der Waals surface area contributed by atoms with Gasteiger partial charge >= 0.3 is 0 Å². The van der Waals surface area contributed by atoms with Gasteiger partial charge in [0.25, 0.3) is 0 Å². The number of aryl methyl sites for hydroxylation is 2. The lowest BCUT2D eigenvalue weighted by Gasteiger charge is -2.16. The molecule has 0 radical (unpaired) electrons. The number of fused-ring (bicyclic) bond motifs is 1. The molecule has 0 fully saturated rings. The Balaban J connectivity index is 1.81. The van der Waals surface area contributed by atoms with Gasteiger partial charge in [0.2, 0.25) is 0 Å². The highest BCUT2D eigenvalue weighted by Crippen LogP contribution is 2.34. The summed E-state index contributed by atoms with van der Waals surface area (Å²) < 4.78 is 7.87. The minimum atomic E-state index is -0.166. The molecule has 0 saturated carbocycles. The predicted octanol–water partition coefficient (Wildman–Crippen LogP) is 4.03. The van der Waals surface area contributed by atoms with E-state index in [0.29, 0.717) is 25.5 Å². The Morgan fingerprint density at radius 1 is 1.07 bits per heavy atom. The van der Waals surface area contributed by atoms with Crippen LogP contribution in [0.1, 0.15) is 29.3 Å². The number of benzene rings is 1. The minimum Gasteiger partial charge on any atom is -0.390 e. The number of pyridine rings is 2. The summed E-state index contributed by atoms with van der Waals surface area (Å²) in [5.41, 5.74) is 6.36. The molecule has 1 N–H and O–H groups in total. The first-order chi connectivity index (χ1) is 14.2. The second-order valence-electron chi connectivity index (χ2n) is 7.00. The van der Waals surface area contributed by atoms with E-state index < -0.39 is 0 Å². The zero-order valence-electron chi connectivity index (χ0n) is 16.7. The average Bonchev–Trinajstić information content (AvgIpc) is 3.16. The molecule has 4 rings (SSSR count). The Hall–Kier alpha value is -3.09. The standard InChI is InChI=1S/C23H24N4O2/c1-3-27-23-19(12-25-27)22(18-9-16(2)10-24-11-18)20(21(13-28)26-23)15-29-14-17-7-5-4-6-8-17/h4-12,28H,3,13-15H2,1-2H3. The molecular formula is C23H24N4O2. The van der Waals surface area contributed by atoms with E-state index in [1.807, 2.05) is 67.5 Å². The molecule has 0 bridgehead atoms. The van der Waals surface area contributed by atoms with Crippen LogP contribution in [0.5, 0.6) is 0 Å². The zero-order chi connectivity index (χ0) is 20.2. The van der Waals surface area contributed by atoms with Crippen LogP contribution in [0.15, 0.2) is 55.0 Å². The van der Waals surface area contributed by atoms with Crippen LogP contribution in [0.4, 0.5) is 0 Å². The largest absolute Gasteiger partial charge is 0.390 e. The molecule has 0 saturated heterocycles. The van der Waals surface area contributed by atoms with Crippen molar-refractivity contribution in [3.63, 3.8) is 0 Å². The van der Waals surface area contributed by atoms with E-state index in [0.717, 1.165) is 38.9 Å². The van der Waals surface area contributed by atoms with Crippen molar-refractivity contribution in [3.8, 4) is 11.1 Å². The van der Waals surface area contributed by atoms with Gasteiger partial charge < -0.3 is 9.84 Å². The molecule has 1 aromatic carbocycles. The van der Waals surface area contributed by atoms with E-state index >= 15 is 0 Å². The lowest BCUT2D eigenvalue weighted by molar-refractivity contribution is 0.105. The molecule has 3 heterocycles. The maximum atomic E-state index is 10.1. The molecule has 0 amide bonds. The molecule has 0 unspecified atom stereocenters. The zero-order valence-corrected chi connectivity index (χ0v) is 16.7.